The van der Waals surface area contributed by atoms with Crippen molar-refractivity contribution in [3.8, 4) is 0 Å². The summed E-state index contributed by atoms with van der Waals surface area (Å²) >= 11 is 1.20. The molecular formula is C27H24FN3O3S. The van der Waals surface area contributed by atoms with Crippen molar-refractivity contribution >= 4 is 46.5 Å². The Morgan fingerprint density at radius 1 is 1.03 bits per heavy atom. The van der Waals surface area contributed by atoms with E-state index < -0.39 is 16.6 Å². The first-order chi connectivity index (χ1) is 16.7. The number of carbonyl (C=O) groups is 3. The highest BCUT2D eigenvalue weighted by Gasteiger charge is 2.61. The summed E-state index contributed by atoms with van der Waals surface area (Å²) in [5, 5.41) is 2.90. The van der Waals surface area contributed by atoms with Crippen LogP contribution >= 0.6 is 11.8 Å². The molecule has 2 aliphatic rings. The monoisotopic (exact) mass is 489 g/mol. The Bertz CT molecular complexity index is 1390. The normalized spacial score (nSPS) is 19.0. The van der Waals surface area contributed by atoms with Crippen LogP contribution in [-0.2, 0) is 19.3 Å². The molecule has 1 fully saturated rings. The Labute approximate surface area is 207 Å². The molecule has 1 spiro atoms. The molecule has 0 aromatic heterocycles. The molecule has 1 N–H and O–H groups in total. The predicted octanol–water partition coefficient (Wildman–Crippen LogP) is 4.67. The minimum atomic E-state index is -1.40. The number of hydrogen-bond donors (Lipinski definition) is 1. The van der Waals surface area contributed by atoms with E-state index in [1.165, 1.54) is 39.8 Å². The van der Waals surface area contributed by atoms with Gasteiger partial charge < -0.3 is 5.32 Å². The van der Waals surface area contributed by atoms with Crippen molar-refractivity contribution in [2.45, 2.75) is 25.6 Å². The highest BCUT2D eigenvalue weighted by atomic mass is 32.2. The fourth-order valence-electron chi connectivity index (χ4n) is 4.78. The van der Waals surface area contributed by atoms with E-state index in [2.05, 4.69) is 5.32 Å². The average Bonchev–Trinajstić information content (AvgIpc) is 3.26. The second-order valence-electron chi connectivity index (χ2n) is 8.92. The number of thioether (sulfide) groups is 1. The van der Waals surface area contributed by atoms with Gasteiger partial charge in [-0.2, -0.15) is 0 Å². The number of fused-ring (bicyclic) bond motifs is 2. The first kappa shape index (κ1) is 23.1. The molecule has 1 saturated heterocycles. The van der Waals surface area contributed by atoms with Crippen LogP contribution in [0.15, 0.2) is 60.7 Å². The van der Waals surface area contributed by atoms with Crippen molar-refractivity contribution < 1.29 is 18.8 Å². The van der Waals surface area contributed by atoms with Gasteiger partial charge in [-0.15, -0.1) is 11.8 Å². The number of rotatable bonds is 4. The lowest BCUT2D eigenvalue weighted by atomic mass is 10.0. The van der Waals surface area contributed by atoms with Crippen molar-refractivity contribution in [3.05, 3.63) is 88.7 Å². The minimum Gasteiger partial charge on any atom is -0.324 e. The summed E-state index contributed by atoms with van der Waals surface area (Å²) in [5.41, 5.74) is 5.11. The van der Waals surface area contributed by atoms with E-state index in [1.807, 2.05) is 51.1 Å². The fraction of sp³-hybridized carbons (Fsp3) is 0.222. The zero-order valence-electron chi connectivity index (χ0n) is 19.6. The molecule has 0 radical (unpaired) electrons. The highest BCUT2D eigenvalue weighted by molar-refractivity contribution is 8.02. The molecule has 5 rings (SSSR count). The Kier molecular flexibility index (Phi) is 5.63. The lowest BCUT2D eigenvalue weighted by molar-refractivity contribution is -0.124. The zero-order chi connectivity index (χ0) is 24.9. The number of amides is 3. The van der Waals surface area contributed by atoms with Gasteiger partial charge in [-0.3, -0.25) is 24.2 Å². The van der Waals surface area contributed by atoms with Gasteiger partial charge in [0.05, 0.1) is 11.4 Å². The van der Waals surface area contributed by atoms with Gasteiger partial charge in [0.25, 0.3) is 5.91 Å². The van der Waals surface area contributed by atoms with Crippen LogP contribution in [0.1, 0.15) is 22.3 Å². The van der Waals surface area contributed by atoms with E-state index in [0.29, 0.717) is 22.6 Å². The van der Waals surface area contributed by atoms with Gasteiger partial charge in [-0.1, -0.05) is 41.5 Å². The minimum absolute atomic E-state index is 0.0677. The Morgan fingerprint density at radius 3 is 2.51 bits per heavy atom. The van der Waals surface area contributed by atoms with Crippen molar-refractivity contribution in [2.24, 2.45) is 0 Å². The summed E-state index contributed by atoms with van der Waals surface area (Å²) in [6.45, 7) is 5.58. The summed E-state index contributed by atoms with van der Waals surface area (Å²) < 4.78 is 14.1. The van der Waals surface area contributed by atoms with Crippen molar-refractivity contribution in [2.75, 3.05) is 27.4 Å². The quantitative estimate of drug-likeness (QED) is 0.578. The molecule has 2 aliphatic heterocycles. The second kappa shape index (κ2) is 8.53. The zero-order valence-corrected chi connectivity index (χ0v) is 20.4. The standard InChI is InChI=1S/C27H24FN3O3S/c1-16-7-9-22(18(3)11-16)29-24(32)14-30-23-10-8-17(2)12-21(23)27(26(30)34)31(25(33)15-35-27)20-6-4-5-19(28)13-20/h4-13H,14-15H2,1-3H3,(H,29,32). The number of carbonyl (C=O) groups excluding carboxylic acids is 3. The smallest absolute Gasteiger partial charge is 0.269 e. The van der Waals surface area contributed by atoms with Gasteiger partial charge in [0.15, 0.2) is 0 Å². The Morgan fingerprint density at radius 2 is 1.77 bits per heavy atom. The summed E-state index contributed by atoms with van der Waals surface area (Å²) in [6.07, 6.45) is 0. The second-order valence-corrected chi connectivity index (χ2v) is 10.1. The summed E-state index contributed by atoms with van der Waals surface area (Å²) in [6, 6.07) is 16.9. The van der Waals surface area contributed by atoms with Crippen LogP contribution in [-0.4, -0.2) is 30.0 Å². The molecule has 2 heterocycles. The van der Waals surface area contributed by atoms with E-state index >= 15 is 0 Å². The maximum Gasteiger partial charge on any atom is 0.269 e. The molecule has 3 aromatic rings. The highest BCUT2D eigenvalue weighted by Crippen LogP contribution is 2.55. The number of nitrogens with one attached hydrogen (secondary N) is 1. The lowest BCUT2D eigenvalue weighted by Crippen LogP contribution is -2.51. The van der Waals surface area contributed by atoms with Gasteiger partial charge >= 0.3 is 0 Å². The van der Waals surface area contributed by atoms with Gasteiger partial charge in [0.2, 0.25) is 16.7 Å². The molecule has 178 valence electrons. The first-order valence-corrected chi connectivity index (χ1v) is 12.2. The van der Waals surface area contributed by atoms with Gasteiger partial charge in [0.1, 0.15) is 12.4 Å². The largest absolute Gasteiger partial charge is 0.324 e. The molecule has 35 heavy (non-hydrogen) atoms. The lowest BCUT2D eigenvalue weighted by Gasteiger charge is -2.33. The predicted molar refractivity (Wildman–Crippen MR) is 136 cm³/mol. The molecule has 0 bridgehead atoms. The molecule has 1 unspecified atom stereocenters. The van der Waals surface area contributed by atoms with Crippen LogP contribution in [0.3, 0.4) is 0 Å². The number of nitrogens with zero attached hydrogens (tertiary/aromatic N) is 2. The van der Waals surface area contributed by atoms with E-state index in [1.54, 1.807) is 12.1 Å². The first-order valence-electron chi connectivity index (χ1n) is 11.2. The average molecular weight is 490 g/mol. The summed E-state index contributed by atoms with van der Waals surface area (Å²) in [4.78, 5) is 41.6. The topological polar surface area (TPSA) is 69.7 Å². The Hall–Kier alpha value is -3.65. The molecule has 6 nitrogen and oxygen atoms in total. The maximum atomic E-state index is 14.1. The molecule has 1 atom stereocenters. The van der Waals surface area contributed by atoms with Crippen molar-refractivity contribution in [1.29, 1.82) is 0 Å². The molecule has 8 heteroatoms. The summed E-state index contributed by atoms with van der Waals surface area (Å²) in [5.74, 6) is -1.46. The van der Waals surface area contributed by atoms with E-state index in [0.717, 1.165) is 16.7 Å². The van der Waals surface area contributed by atoms with Crippen LogP contribution in [0.2, 0.25) is 0 Å². The van der Waals surface area contributed by atoms with Crippen LogP contribution in [0.25, 0.3) is 0 Å². The fourth-order valence-corrected chi connectivity index (χ4v) is 6.13. The van der Waals surface area contributed by atoms with Crippen molar-refractivity contribution in [1.82, 2.24) is 0 Å². The third kappa shape index (κ3) is 3.78. The van der Waals surface area contributed by atoms with Gasteiger partial charge in [0, 0.05) is 16.9 Å². The third-order valence-electron chi connectivity index (χ3n) is 6.34. The summed E-state index contributed by atoms with van der Waals surface area (Å²) in [7, 11) is 0. The molecule has 3 amide bonds. The Balaban J connectivity index is 1.54. The van der Waals surface area contributed by atoms with Crippen molar-refractivity contribution in [3.63, 3.8) is 0 Å². The maximum absolute atomic E-state index is 14.1. The number of hydrogen-bond acceptors (Lipinski definition) is 4. The van der Waals surface area contributed by atoms with E-state index in [9.17, 15) is 18.8 Å². The molecule has 0 aliphatic carbocycles. The SMILES string of the molecule is Cc1ccc(NC(=O)CN2C(=O)C3(SCC(=O)N3c3cccc(F)c3)c3cc(C)ccc32)c(C)c1. The van der Waals surface area contributed by atoms with Gasteiger partial charge in [-0.25, -0.2) is 4.39 Å². The van der Waals surface area contributed by atoms with Gasteiger partial charge in [-0.05, 0) is 56.7 Å². The van der Waals surface area contributed by atoms with E-state index in [-0.39, 0.29) is 24.1 Å². The van der Waals surface area contributed by atoms with E-state index in [4.69, 9.17) is 0 Å². The number of anilines is 3. The number of benzene rings is 3. The number of halogens is 1. The van der Waals surface area contributed by atoms with Crippen LogP contribution in [0, 0.1) is 26.6 Å². The molecular weight excluding hydrogens is 465 g/mol. The van der Waals surface area contributed by atoms with Crippen LogP contribution < -0.4 is 15.1 Å². The molecule has 0 saturated carbocycles. The molecule has 3 aromatic carbocycles. The number of aryl methyl sites for hydroxylation is 3. The van der Waals surface area contributed by atoms with Crippen LogP contribution in [0.5, 0.6) is 0 Å². The van der Waals surface area contributed by atoms with Crippen LogP contribution in [0.4, 0.5) is 21.5 Å². The third-order valence-corrected chi connectivity index (χ3v) is 7.72.